The smallest absolute Gasteiger partial charge is 0.264 e. The topological polar surface area (TPSA) is 96.0 Å². The first-order valence-electron chi connectivity index (χ1n) is 14.7. The standard InChI is InChI=1S/C35H39N3O5S/c1-5-33(35(40)36-6-2)37(24-28-12-10-11-27(4)23-28)34(39)25-38(44(41,42)32-21-15-26(3)16-22-32)29-17-19-31(20-18-29)43-30-13-8-7-9-14-30/h7-23,33H,5-6,24-25H2,1-4H3,(H,36,40)/t33-/m1/s1. The number of aryl methyl sites for hydroxylation is 2. The third kappa shape index (κ3) is 8.05. The second-order valence-corrected chi connectivity index (χ2v) is 12.4. The summed E-state index contributed by atoms with van der Waals surface area (Å²) in [4.78, 5) is 28.8. The van der Waals surface area contributed by atoms with Gasteiger partial charge in [-0.1, -0.05) is 72.6 Å². The fraction of sp³-hybridized carbons (Fsp3) is 0.257. The molecule has 1 N–H and O–H groups in total. The van der Waals surface area contributed by atoms with Crippen LogP contribution in [-0.4, -0.2) is 44.3 Å². The Hall–Kier alpha value is -4.63. The van der Waals surface area contributed by atoms with E-state index in [9.17, 15) is 18.0 Å². The lowest BCUT2D eigenvalue weighted by Crippen LogP contribution is -2.52. The monoisotopic (exact) mass is 613 g/mol. The van der Waals surface area contributed by atoms with Crippen molar-refractivity contribution in [2.75, 3.05) is 17.4 Å². The predicted octanol–water partition coefficient (Wildman–Crippen LogP) is 6.23. The first kappa shape index (κ1) is 32.3. The number of hydrogen-bond acceptors (Lipinski definition) is 5. The maximum absolute atomic E-state index is 14.2. The van der Waals surface area contributed by atoms with Gasteiger partial charge in [0.2, 0.25) is 11.8 Å². The molecule has 0 aliphatic carbocycles. The fourth-order valence-electron chi connectivity index (χ4n) is 4.89. The molecule has 0 spiro atoms. The Balaban J connectivity index is 1.72. The molecule has 0 heterocycles. The predicted molar refractivity (Wildman–Crippen MR) is 173 cm³/mol. The van der Waals surface area contributed by atoms with Crippen molar-refractivity contribution in [2.45, 2.75) is 51.6 Å². The zero-order chi connectivity index (χ0) is 31.7. The molecule has 9 heteroatoms. The molecule has 0 fully saturated rings. The van der Waals surface area contributed by atoms with Gasteiger partial charge in [0.1, 0.15) is 24.1 Å². The summed E-state index contributed by atoms with van der Waals surface area (Å²) in [6.07, 6.45) is 0.361. The van der Waals surface area contributed by atoms with Crippen LogP contribution in [0.3, 0.4) is 0 Å². The number of nitrogens with zero attached hydrogens (tertiary/aromatic N) is 2. The van der Waals surface area contributed by atoms with Crippen LogP contribution in [0.4, 0.5) is 5.69 Å². The highest BCUT2D eigenvalue weighted by Crippen LogP contribution is 2.29. The van der Waals surface area contributed by atoms with Crippen LogP contribution in [0.25, 0.3) is 0 Å². The minimum atomic E-state index is -4.17. The summed E-state index contributed by atoms with van der Waals surface area (Å²) in [6.45, 7) is 7.54. The van der Waals surface area contributed by atoms with Crippen molar-refractivity contribution in [3.05, 3.63) is 120 Å². The molecular weight excluding hydrogens is 574 g/mol. The van der Waals surface area contributed by atoms with Crippen molar-refractivity contribution in [1.29, 1.82) is 0 Å². The molecule has 2 amide bonds. The van der Waals surface area contributed by atoms with Crippen LogP contribution in [0.5, 0.6) is 11.5 Å². The van der Waals surface area contributed by atoms with Crippen molar-refractivity contribution in [3.63, 3.8) is 0 Å². The van der Waals surface area contributed by atoms with Gasteiger partial charge in [-0.3, -0.25) is 13.9 Å². The first-order valence-corrected chi connectivity index (χ1v) is 16.1. The number of likely N-dealkylation sites (N-methyl/N-ethyl adjacent to an activating group) is 1. The summed E-state index contributed by atoms with van der Waals surface area (Å²) in [5.41, 5.74) is 3.06. The number of amides is 2. The van der Waals surface area contributed by atoms with Crippen molar-refractivity contribution < 1.29 is 22.7 Å². The third-order valence-corrected chi connectivity index (χ3v) is 8.95. The maximum Gasteiger partial charge on any atom is 0.264 e. The zero-order valence-corrected chi connectivity index (χ0v) is 26.4. The van der Waals surface area contributed by atoms with Gasteiger partial charge in [0.15, 0.2) is 0 Å². The Morgan fingerprint density at radius 1 is 0.795 bits per heavy atom. The van der Waals surface area contributed by atoms with Gasteiger partial charge < -0.3 is 15.0 Å². The molecule has 0 unspecified atom stereocenters. The molecule has 0 saturated heterocycles. The van der Waals surface area contributed by atoms with Crippen LogP contribution in [0.15, 0.2) is 108 Å². The van der Waals surface area contributed by atoms with Gasteiger partial charge in [-0.25, -0.2) is 8.42 Å². The van der Waals surface area contributed by atoms with Crippen molar-refractivity contribution in [2.24, 2.45) is 0 Å². The maximum atomic E-state index is 14.2. The van der Waals surface area contributed by atoms with E-state index in [4.69, 9.17) is 4.74 Å². The van der Waals surface area contributed by atoms with Crippen LogP contribution >= 0.6 is 0 Å². The van der Waals surface area contributed by atoms with E-state index in [1.807, 2.05) is 82.3 Å². The van der Waals surface area contributed by atoms with Crippen LogP contribution in [0, 0.1) is 13.8 Å². The number of sulfonamides is 1. The molecule has 4 rings (SSSR count). The minimum Gasteiger partial charge on any atom is -0.457 e. The highest BCUT2D eigenvalue weighted by atomic mass is 32.2. The Kier molecular flexibility index (Phi) is 10.8. The minimum absolute atomic E-state index is 0.0570. The Morgan fingerprint density at radius 3 is 2.07 bits per heavy atom. The molecule has 1 atom stereocenters. The zero-order valence-electron chi connectivity index (χ0n) is 25.6. The number of benzene rings is 4. The number of carbonyl (C=O) groups excluding carboxylic acids is 2. The van der Waals surface area contributed by atoms with Gasteiger partial charge in [-0.2, -0.15) is 0 Å². The number of hydrogen-bond donors (Lipinski definition) is 1. The summed E-state index contributed by atoms with van der Waals surface area (Å²) >= 11 is 0. The van der Waals surface area contributed by atoms with E-state index in [1.165, 1.54) is 17.0 Å². The van der Waals surface area contributed by atoms with Gasteiger partial charge in [0.05, 0.1) is 10.6 Å². The van der Waals surface area contributed by atoms with E-state index in [0.717, 1.165) is 21.0 Å². The van der Waals surface area contributed by atoms with Gasteiger partial charge in [0, 0.05) is 13.1 Å². The summed E-state index contributed by atoms with van der Waals surface area (Å²) in [5, 5.41) is 2.82. The number of para-hydroxylation sites is 1. The quantitative estimate of drug-likeness (QED) is 0.193. The lowest BCUT2D eigenvalue weighted by Gasteiger charge is -2.33. The lowest BCUT2D eigenvalue weighted by atomic mass is 10.1. The lowest BCUT2D eigenvalue weighted by molar-refractivity contribution is -0.140. The fourth-order valence-corrected chi connectivity index (χ4v) is 6.30. The normalized spacial score (nSPS) is 11.8. The molecule has 0 aromatic heterocycles. The summed E-state index contributed by atoms with van der Waals surface area (Å²) in [6, 6.07) is 29.2. The molecular formula is C35H39N3O5S. The molecule has 0 radical (unpaired) electrons. The Bertz CT molecular complexity index is 1660. The van der Waals surface area contributed by atoms with Gasteiger partial charge in [-0.15, -0.1) is 0 Å². The second-order valence-electron chi connectivity index (χ2n) is 10.6. The molecule has 8 nitrogen and oxygen atoms in total. The third-order valence-electron chi connectivity index (χ3n) is 7.16. The second kappa shape index (κ2) is 14.7. The van der Waals surface area contributed by atoms with Crippen LogP contribution < -0.4 is 14.4 Å². The average molecular weight is 614 g/mol. The van der Waals surface area contributed by atoms with Crippen LogP contribution in [0.2, 0.25) is 0 Å². The average Bonchev–Trinajstić information content (AvgIpc) is 3.01. The van der Waals surface area contributed by atoms with E-state index in [2.05, 4.69) is 5.32 Å². The van der Waals surface area contributed by atoms with Gasteiger partial charge >= 0.3 is 0 Å². The van der Waals surface area contributed by atoms with E-state index < -0.39 is 28.5 Å². The number of anilines is 1. The molecule has 0 saturated carbocycles. The van der Waals surface area contributed by atoms with Crippen molar-refractivity contribution in [3.8, 4) is 11.5 Å². The van der Waals surface area contributed by atoms with E-state index in [1.54, 1.807) is 36.4 Å². The molecule has 44 heavy (non-hydrogen) atoms. The summed E-state index contributed by atoms with van der Waals surface area (Å²) in [7, 11) is -4.17. The molecule has 0 bridgehead atoms. The Labute approximate surface area is 260 Å². The molecule has 0 aliphatic rings. The highest BCUT2D eigenvalue weighted by Gasteiger charge is 2.33. The van der Waals surface area contributed by atoms with E-state index >= 15 is 0 Å². The number of rotatable bonds is 13. The highest BCUT2D eigenvalue weighted by molar-refractivity contribution is 7.92. The van der Waals surface area contributed by atoms with Gasteiger partial charge in [-0.05, 0) is 81.3 Å². The largest absolute Gasteiger partial charge is 0.457 e. The molecule has 230 valence electrons. The first-order chi connectivity index (χ1) is 21.1. The summed E-state index contributed by atoms with van der Waals surface area (Å²) < 4.78 is 35.2. The molecule has 4 aromatic carbocycles. The number of nitrogens with one attached hydrogen (secondary N) is 1. The van der Waals surface area contributed by atoms with Crippen molar-refractivity contribution >= 4 is 27.5 Å². The van der Waals surface area contributed by atoms with Crippen molar-refractivity contribution in [1.82, 2.24) is 10.2 Å². The van der Waals surface area contributed by atoms with Gasteiger partial charge in [0.25, 0.3) is 10.0 Å². The molecule has 0 aliphatic heterocycles. The summed E-state index contributed by atoms with van der Waals surface area (Å²) in [5.74, 6) is 0.376. The number of ether oxygens (including phenoxy) is 1. The molecule has 4 aromatic rings. The Morgan fingerprint density at radius 2 is 1.45 bits per heavy atom. The van der Waals surface area contributed by atoms with Crippen LogP contribution in [-0.2, 0) is 26.2 Å². The van der Waals surface area contributed by atoms with Crippen LogP contribution in [0.1, 0.15) is 37.0 Å². The van der Waals surface area contributed by atoms with E-state index in [0.29, 0.717) is 30.2 Å². The number of carbonyl (C=O) groups is 2. The SMILES string of the molecule is CCNC(=O)[C@@H](CC)N(Cc1cccc(C)c1)C(=O)CN(c1ccc(Oc2ccccc2)cc1)S(=O)(=O)c1ccc(C)cc1. The van der Waals surface area contributed by atoms with E-state index in [-0.39, 0.29) is 17.3 Å².